The lowest BCUT2D eigenvalue weighted by Crippen LogP contribution is -2.56. The molecule has 5 nitrogen and oxygen atoms in total. The number of hydrogen-bond donors (Lipinski definition) is 2. The number of amides is 1. The van der Waals surface area contributed by atoms with E-state index in [1.807, 2.05) is 22.8 Å². The normalized spacial score (nSPS) is 32.0. The van der Waals surface area contributed by atoms with Crippen LogP contribution < -0.4 is 11.1 Å². The van der Waals surface area contributed by atoms with Crippen molar-refractivity contribution >= 4 is 34.5 Å². The summed E-state index contributed by atoms with van der Waals surface area (Å²) in [5, 5.41) is 4.07. The number of carbonyl (C=O) groups excluding carboxylic acids is 1. The molecule has 4 fully saturated rings. The second kappa shape index (κ2) is 6.94. The van der Waals surface area contributed by atoms with E-state index in [0.717, 1.165) is 29.3 Å². The number of hydrogen-bond acceptors (Lipinski definition) is 3. The Morgan fingerprint density at radius 1 is 1.25 bits per heavy atom. The molecule has 4 bridgehead atoms. The zero-order chi connectivity index (χ0) is 19.4. The molecule has 2 aromatic rings. The van der Waals surface area contributed by atoms with Crippen LogP contribution in [-0.4, -0.2) is 21.5 Å². The SMILES string of the molecule is CCC(CC(=O)NC1C2CC3CC(C2)CC1C3)n1c(N)nc2cc(Cl)ccc21. The van der Waals surface area contributed by atoms with Gasteiger partial charge >= 0.3 is 0 Å². The number of nitrogen functional groups attached to an aromatic ring is 1. The molecule has 0 spiro atoms. The molecule has 150 valence electrons. The van der Waals surface area contributed by atoms with Crippen LogP contribution in [0.15, 0.2) is 18.2 Å². The van der Waals surface area contributed by atoms with Crippen molar-refractivity contribution in [3.63, 3.8) is 0 Å². The van der Waals surface area contributed by atoms with Crippen molar-refractivity contribution in [1.82, 2.24) is 14.9 Å². The van der Waals surface area contributed by atoms with Gasteiger partial charge in [0.1, 0.15) is 0 Å². The number of nitrogens with two attached hydrogens (primary N) is 1. The minimum absolute atomic E-state index is 0.00279. The van der Waals surface area contributed by atoms with E-state index in [4.69, 9.17) is 17.3 Å². The second-order valence-corrected chi connectivity index (χ2v) is 9.70. The van der Waals surface area contributed by atoms with E-state index in [1.165, 1.54) is 32.1 Å². The molecule has 28 heavy (non-hydrogen) atoms. The van der Waals surface area contributed by atoms with Crippen molar-refractivity contribution < 1.29 is 4.79 Å². The van der Waals surface area contributed by atoms with Crippen molar-refractivity contribution in [3.05, 3.63) is 23.2 Å². The van der Waals surface area contributed by atoms with Gasteiger partial charge in [-0.25, -0.2) is 4.98 Å². The number of carbonyl (C=O) groups is 1. The quantitative estimate of drug-likeness (QED) is 0.772. The van der Waals surface area contributed by atoms with Crippen LogP contribution in [0.1, 0.15) is 57.9 Å². The van der Waals surface area contributed by atoms with Crippen molar-refractivity contribution in [3.8, 4) is 0 Å². The maximum Gasteiger partial charge on any atom is 0.222 e. The fourth-order valence-electron chi connectivity index (χ4n) is 6.51. The summed E-state index contributed by atoms with van der Waals surface area (Å²) in [7, 11) is 0. The first kappa shape index (κ1) is 18.3. The average Bonchev–Trinajstić information content (AvgIpc) is 2.97. The van der Waals surface area contributed by atoms with E-state index in [-0.39, 0.29) is 11.9 Å². The Morgan fingerprint density at radius 2 is 1.93 bits per heavy atom. The van der Waals surface area contributed by atoms with Gasteiger partial charge in [-0.2, -0.15) is 0 Å². The maximum atomic E-state index is 13.0. The summed E-state index contributed by atoms with van der Waals surface area (Å²) < 4.78 is 2.00. The molecule has 1 atom stereocenters. The fraction of sp³-hybridized carbons (Fsp3) is 0.636. The Balaban J connectivity index is 1.32. The van der Waals surface area contributed by atoms with Crippen LogP contribution >= 0.6 is 11.6 Å². The lowest BCUT2D eigenvalue weighted by molar-refractivity contribution is -0.125. The number of aromatic nitrogens is 2. The molecule has 4 aliphatic carbocycles. The molecule has 3 N–H and O–H groups in total. The van der Waals surface area contributed by atoms with Crippen LogP contribution in [0, 0.1) is 23.7 Å². The molecule has 0 radical (unpaired) electrons. The zero-order valence-corrected chi connectivity index (χ0v) is 17.2. The van der Waals surface area contributed by atoms with Gasteiger partial charge in [0.15, 0.2) is 0 Å². The van der Waals surface area contributed by atoms with E-state index in [1.54, 1.807) is 0 Å². The Morgan fingerprint density at radius 3 is 2.57 bits per heavy atom. The number of halogens is 1. The number of anilines is 1. The van der Waals surface area contributed by atoms with Crippen molar-refractivity contribution in [2.75, 3.05) is 5.73 Å². The van der Waals surface area contributed by atoms with Gasteiger partial charge in [0.2, 0.25) is 11.9 Å². The van der Waals surface area contributed by atoms with Gasteiger partial charge in [-0.3, -0.25) is 4.79 Å². The average molecular weight is 401 g/mol. The topological polar surface area (TPSA) is 72.9 Å². The molecule has 0 aliphatic heterocycles. The predicted octanol–water partition coefficient (Wildman–Crippen LogP) is 4.55. The number of rotatable bonds is 5. The molecule has 6 heteroatoms. The van der Waals surface area contributed by atoms with Crippen molar-refractivity contribution in [2.24, 2.45) is 23.7 Å². The highest BCUT2D eigenvalue weighted by Crippen LogP contribution is 2.53. The third-order valence-corrected chi connectivity index (χ3v) is 7.73. The fourth-order valence-corrected chi connectivity index (χ4v) is 6.68. The Kier molecular flexibility index (Phi) is 4.53. The van der Waals surface area contributed by atoms with Crippen LogP contribution in [-0.2, 0) is 4.79 Å². The van der Waals surface area contributed by atoms with E-state index in [2.05, 4.69) is 17.2 Å². The first-order chi connectivity index (χ1) is 13.5. The van der Waals surface area contributed by atoms with Crippen molar-refractivity contribution in [1.29, 1.82) is 0 Å². The Bertz CT molecular complexity index is 879. The van der Waals surface area contributed by atoms with E-state index >= 15 is 0 Å². The molecule has 4 aliphatic rings. The summed E-state index contributed by atoms with van der Waals surface area (Å²) in [6.45, 7) is 2.10. The molecular weight excluding hydrogens is 372 g/mol. The molecule has 6 rings (SSSR count). The Labute approximate surface area is 171 Å². The van der Waals surface area contributed by atoms with Crippen LogP contribution in [0.4, 0.5) is 5.95 Å². The highest BCUT2D eigenvalue weighted by atomic mass is 35.5. The van der Waals surface area contributed by atoms with Gasteiger partial charge in [-0.05, 0) is 80.4 Å². The van der Waals surface area contributed by atoms with E-state index in [0.29, 0.717) is 35.3 Å². The molecule has 0 saturated heterocycles. The van der Waals surface area contributed by atoms with Gasteiger partial charge < -0.3 is 15.6 Å². The van der Waals surface area contributed by atoms with E-state index in [9.17, 15) is 4.79 Å². The molecule has 1 unspecified atom stereocenters. The third kappa shape index (κ3) is 3.08. The summed E-state index contributed by atoms with van der Waals surface area (Å²) >= 11 is 6.09. The van der Waals surface area contributed by atoms with Gasteiger partial charge in [0.05, 0.1) is 11.0 Å². The van der Waals surface area contributed by atoms with Gasteiger partial charge in [-0.1, -0.05) is 18.5 Å². The third-order valence-electron chi connectivity index (χ3n) is 7.49. The summed E-state index contributed by atoms with van der Waals surface area (Å²) in [4.78, 5) is 17.4. The zero-order valence-electron chi connectivity index (χ0n) is 16.4. The predicted molar refractivity (Wildman–Crippen MR) is 112 cm³/mol. The molecule has 4 saturated carbocycles. The Hall–Kier alpha value is -1.75. The largest absolute Gasteiger partial charge is 0.369 e. The van der Waals surface area contributed by atoms with Gasteiger partial charge in [0.25, 0.3) is 0 Å². The van der Waals surface area contributed by atoms with E-state index < -0.39 is 0 Å². The summed E-state index contributed by atoms with van der Waals surface area (Å²) in [5.41, 5.74) is 7.94. The monoisotopic (exact) mass is 400 g/mol. The number of benzene rings is 1. The highest BCUT2D eigenvalue weighted by molar-refractivity contribution is 6.31. The maximum absolute atomic E-state index is 13.0. The molecule has 1 aromatic heterocycles. The van der Waals surface area contributed by atoms with Crippen LogP contribution in [0.25, 0.3) is 11.0 Å². The lowest BCUT2D eigenvalue weighted by atomic mass is 9.54. The minimum atomic E-state index is 0.00279. The summed E-state index contributed by atoms with van der Waals surface area (Å²) in [5.74, 6) is 3.83. The summed E-state index contributed by atoms with van der Waals surface area (Å²) in [6, 6.07) is 6.00. The number of imidazole rings is 1. The number of fused-ring (bicyclic) bond motifs is 1. The summed E-state index contributed by atoms with van der Waals surface area (Å²) in [6.07, 6.45) is 7.96. The second-order valence-electron chi connectivity index (χ2n) is 9.26. The molecule has 1 amide bonds. The molecule has 1 heterocycles. The van der Waals surface area contributed by atoms with Gasteiger partial charge in [0, 0.05) is 23.5 Å². The van der Waals surface area contributed by atoms with Crippen LogP contribution in [0.3, 0.4) is 0 Å². The highest BCUT2D eigenvalue weighted by Gasteiger charge is 2.48. The smallest absolute Gasteiger partial charge is 0.222 e. The standard InChI is InChI=1S/C22H29ClN4O/c1-2-17(27-19-4-3-16(23)10-18(19)25-22(27)24)11-20(28)26-21-14-6-12-5-13(8-14)9-15(21)7-12/h3-4,10,12-15,17,21H,2,5-9,11H2,1H3,(H2,24,25)(H,26,28). The lowest BCUT2D eigenvalue weighted by Gasteiger charge is -2.54. The first-order valence-corrected chi connectivity index (χ1v) is 11.1. The molecule has 1 aromatic carbocycles. The van der Waals surface area contributed by atoms with Crippen molar-refractivity contribution in [2.45, 2.75) is 64.0 Å². The number of nitrogens with one attached hydrogen (secondary N) is 1. The first-order valence-electron chi connectivity index (χ1n) is 10.7. The number of nitrogens with zero attached hydrogens (tertiary/aromatic N) is 2. The minimum Gasteiger partial charge on any atom is -0.369 e. The van der Waals surface area contributed by atoms with Crippen LogP contribution in [0.5, 0.6) is 0 Å². The van der Waals surface area contributed by atoms with Crippen LogP contribution in [0.2, 0.25) is 5.02 Å². The molecular formula is C22H29ClN4O. The van der Waals surface area contributed by atoms with Gasteiger partial charge in [-0.15, -0.1) is 0 Å².